The second kappa shape index (κ2) is 5.95. The fourth-order valence-electron chi connectivity index (χ4n) is 1.52. The zero-order valence-electron chi connectivity index (χ0n) is 9.93. The molecule has 3 nitrogen and oxygen atoms in total. The van der Waals surface area contributed by atoms with E-state index < -0.39 is 11.8 Å². The molecule has 0 aromatic heterocycles. The molecular weight excluding hydrogens is 301 g/mol. The zero-order valence-corrected chi connectivity index (χ0v) is 11.5. The fraction of sp³-hybridized carbons (Fsp3) is 0. The first-order chi connectivity index (χ1) is 9.51. The summed E-state index contributed by atoms with van der Waals surface area (Å²) >= 11 is 7.15. The Balaban J connectivity index is 2.31. The van der Waals surface area contributed by atoms with Gasteiger partial charge in [-0.1, -0.05) is 23.4 Å². The Morgan fingerprint density at radius 3 is 2.50 bits per heavy atom. The molecule has 2 aromatic carbocycles. The third-order valence-electron chi connectivity index (χ3n) is 2.46. The highest BCUT2D eigenvalue weighted by Crippen LogP contribution is 2.31. The number of carboxylic acid groups (broad SMARTS) is 1. The number of halogens is 2. The molecule has 0 aliphatic heterocycles. The highest BCUT2D eigenvalue weighted by atomic mass is 35.5. The summed E-state index contributed by atoms with van der Waals surface area (Å²) in [5, 5.41) is 18.0. The van der Waals surface area contributed by atoms with Crippen molar-refractivity contribution in [3.05, 3.63) is 58.4 Å². The molecule has 0 atom stereocenters. The number of hydrogen-bond donors (Lipinski definition) is 1. The number of benzene rings is 2. The van der Waals surface area contributed by atoms with E-state index >= 15 is 0 Å². The average molecular weight is 308 g/mol. The van der Waals surface area contributed by atoms with E-state index in [1.165, 1.54) is 23.9 Å². The van der Waals surface area contributed by atoms with Crippen molar-refractivity contribution in [3.63, 3.8) is 0 Å². The van der Waals surface area contributed by atoms with Crippen LogP contribution in [-0.4, -0.2) is 11.1 Å². The lowest BCUT2D eigenvalue weighted by Gasteiger charge is -2.05. The normalized spacial score (nSPS) is 10.1. The van der Waals surface area contributed by atoms with Crippen LogP contribution in [0.15, 0.2) is 46.2 Å². The van der Waals surface area contributed by atoms with Gasteiger partial charge in [0.1, 0.15) is 11.9 Å². The second-order valence-electron chi connectivity index (χ2n) is 3.80. The van der Waals surface area contributed by atoms with Crippen molar-refractivity contribution in [1.29, 1.82) is 5.26 Å². The molecule has 6 heteroatoms. The van der Waals surface area contributed by atoms with Crippen molar-refractivity contribution < 1.29 is 14.3 Å². The van der Waals surface area contributed by atoms with E-state index in [0.717, 1.165) is 11.0 Å². The van der Waals surface area contributed by atoms with E-state index in [0.29, 0.717) is 15.5 Å². The molecule has 2 aromatic rings. The van der Waals surface area contributed by atoms with Crippen LogP contribution in [0.2, 0.25) is 5.02 Å². The third-order valence-corrected chi connectivity index (χ3v) is 3.76. The van der Waals surface area contributed by atoms with Crippen molar-refractivity contribution in [2.75, 3.05) is 0 Å². The van der Waals surface area contributed by atoms with Gasteiger partial charge in [-0.2, -0.15) is 5.26 Å². The minimum atomic E-state index is -1.32. The van der Waals surface area contributed by atoms with Gasteiger partial charge in [-0.3, -0.25) is 0 Å². The van der Waals surface area contributed by atoms with Gasteiger partial charge in [0.15, 0.2) is 0 Å². The molecule has 0 aliphatic carbocycles. The topological polar surface area (TPSA) is 61.1 Å². The summed E-state index contributed by atoms with van der Waals surface area (Å²) in [6.07, 6.45) is 0. The number of nitriles is 1. The first-order valence-corrected chi connectivity index (χ1v) is 6.61. The Morgan fingerprint density at radius 2 is 1.90 bits per heavy atom. The van der Waals surface area contributed by atoms with Crippen LogP contribution in [0.25, 0.3) is 0 Å². The largest absolute Gasteiger partial charge is 0.478 e. The minimum absolute atomic E-state index is 0.318. The van der Waals surface area contributed by atoms with Crippen molar-refractivity contribution in [2.24, 2.45) is 0 Å². The van der Waals surface area contributed by atoms with Crippen molar-refractivity contribution in [2.45, 2.75) is 9.79 Å². The minimum Gasteiger partial charge on any atom is -0.478 e. The fourth-order valence-corrected chi connectivity index (χ4v) is 2.70. The first kappa shape index (κ1) is 14.4. The van der Waals surface area contributed by atoms with Gasteiger partial charge >= 0.3 is 5.97 Å². The van der Waals surface area contributed by atoms with Crippen LogP contribution in [0.5, 0.6) is 0 Å². The summed E-state index contributed by atoms with van der Waals surface area (Å²) in [5.41, 5.74) is -0.0175. The maximum Gasteiger partial charge on any atom is 0.338 e. The number of carboxylic acids is 1. The van der Waals surface area contributed by atoms with Crippen molar-refractivity contribution in [1.82, 2.24) is 0 Å². The first-order valence-electron chi connectivity index (χ1n) is 5.41. The van der Waals surface area contributed by atoms with Gasteiger partial charge in [0.2, 0.25) is 0 Å². The molecule has 0 unspecified atom stereocenters. The number of aromatic carboxylic acids is 1. The summed E-state index contributed by atoms with van der Waals surface area (Å²) in [4.78, 5) is 12.2. The van der Waals surface area contributed by atoms with E-state index in [1.54, 1.807) is 18.2 Å². The molecule has 0 saturated heterocycles. The lowest BCUT2D eigenvalue weighted by Crippen LogP contribution is -2.00. The van der Waals surface area contributed by atoms with E-state index in [1.807, 2.05) is 6.07 Å². The lowest BCUT2D eigenvalue weighted by atomic mass is 10.2. The Hall–Kier alpha value is -2.03. The van der Waals surface area contributed by atoms with E-state index in [-0.39, 0.29) is 5.56 Å². The molecular formula is C14H7ClFNO2S. The van der Waals surface area contributed by atoms with Crippen LogP contribution in [0.3, 0.4) is 0 Å². The zero-order chi connectivity index (χ0) is 14.7. The molecule has 0 radical (unpaired) electrons. The van der Waals surface area contributed by atoms with Crippen LogP contribution in [-0.2, 0) is 0 Å². The van der Waals surface area contributed by atoms with Crippen LogP contribution in [0.1, 0.15) is 15.9 Å². The average Bonchev–Trinajstić information content (AvgIpc) is 2.41. The van der Waals surface area contributed by atoms with Crippen LogP contribution in [0, 0.1) is 17.1 Å². The third kappa shape index (κ3) is 3.10. The molecule has 2 rings (SSSR count). The molecule has 1 N–H and O–H groups in total. The van der Waals surface area contributed by atoms with Gasteiger partial charge in [0, 0.05) is 9.79 Å². The highest BCUT2D eigenvalue weighted by molar-refractivity contribution is 7.99. The van der Waals surface area contributed by atoms with Crippen LogP contribution in [0.4, 0.5) is 4.39 Å². The van der Waals surface area contributed by atoms with Gasteiger partial charge in [0.25, 0.3) is 0 Å². The van der Waals surface area contributed by atoms with Crippen molar-refractivity contribution >= 4 is 29.3 Å². The standard InChI is InChI=1S/C14H7ClFNO2S/c15-12-6-10(2-1-8(12)7-17)20-9-3-4-13(16)11(5-9)14(18)19/h1-6H,(H,18,19). The maximum absolute atomic E-state index is 13.3. The van der Waals surface area contributed by atoms with E-state index in [4.69, 9.17) is 22.0 Å². The smallest absolute Gasteiger partial charge is 0.338 e. The van der Waals surface area contributed by atoms with E-state index in [9.17, 15) is 9.18 Å². The number of rotatable bonds is 3. The van der Waals surface area contributed by atoms with Crippen LogP contribution < -0.4 is 0 Å². The predicted molar refractivity (Wildman–Crippen MR) is 73.6 cm³/mol. The molecule has 0 heterocycles. The van der Waals surface area contributed by atoms with Gasteiger partial charge in [-0.25, -0.2) is 9.18 Å². The molecule has 0 bridgehead atoms. The Bertz CT molecular complexity index is 728. The summed E-state index contributed by atoms with van der Waals surface area (Å²) in [7, 11) is 0. The summed E-state index contributed by atoms with van der Waals surface area (Å²) in [5.74, 6) is -2.09. The van der Waals surface area contributed by atoms with Gasteiger partial charge in [-0.15, -0.1) is 0 Å². The monoisotopic (exact) mass is 307 g/mol. The van der Waals surface area contributed by atoms with Gasteiger partial charge in [-0.05, 0) is 36.4 Å². The van der Waals surface area contributed by atoms with Crippen molar-refractivity contribution in [3.8, 4) is 6.07 Å². The molecule has 0 saturated carbocycles. The molecule has 0 spiro atoms. The lowest BCUT2D eigenvalue weighted by molar-refractivity contribution is 0.0691. The Morgan fingerprint density at radius 1 is 1.25 bits per heavy atom. The Kier molecular flexibility index (Phi) is 4.28. The molecule has 0 fully saturated rings. The number of carbonyl (C=O) groups is 1. The Labute approximate surface area is 123 Å². The van der Waals surface area contributed by atoms with E-state index in [2.05, 4.69) is 0 Å². The molecule has 0 amide bonds. The summed E-state index contributed by atoms with van der Waals surface area (Å²) < 4.78 is 13.3. The quantitative estimate of drug-likeness (QED) is 0.923. The van der Waals surface area contributed by atoms with Gasteiger partial charge < -0.3 is 5.11 Å². The SMILES string of the molecule is N#Cc1ccc(Sc2ccc(F)c(C(=O)O)c2)cc1Cl. The van der Waals surface area contributed by atoms with Crippen LogP contribution >= 0.6 is 23.4 Å². The number of hydrogen-bond acceptors (Lipinski definition) is 3. The summed E-state index contributed by atoms with van der Waals surface area (Å²) in [6, 6.07) is 10.7. The number of nitrogens with zero attached hydrogens (tertiary/aromatic N) is 1. The molecule has 100 valence electrons. The predicted octanol–water partition coefficient (Wildman–Crippen LogP) is 4.20. The second-order valence-corrected chi connectivity index (χ2v) is 5.36. The molecule has 0 aliphatic rings. The maximum atomic E-state index is 13.3. The molecule has 20 heavy (non-hydrogen) atoms. The highest BCUT2D eigenvalue weighted by Gasteiger charge is 2.11. The summed E-state index contributed by atoms with van der Waals surface area (Å²) in [6.45, 7) is 0. The van der Waals surface area contributed by atoms with Gasteiger partial charge in [0.05, 0.1) is 16.1 Å².